The summed E-state index contributed by atoms with van der Waals surface area (Å²) in [6.07, 6.45) is 3.79. The maximum absolute atomic E-state index is 15.2. The van der Waals surface area contributed by atoms with E-state index in [0.29, 0.717) is 23.8 Å². The highest BCUT2D eigenvalue weighted by Crippen LogP contribution is 2.72. The summed E-state index contributed by atoms with van der Waals surface area (Å²) in [5.74, 6) is -0.0703. The molecule has 7 aliphatic carbocycles. The zero-order chi connectivity index (χ0) is 58.7. The molecule has 0 aromatic heterocycles. The topological polar surface area (TPSA) is 275 Å². The van der Waals surface area contributed by atoms with E-state index in [4.69, 9.17) is 34.2 Å². The van der Waals surface area contributed by atoms with Gasteiger partial charge in [-0.1, -0.05) is 76.6 Å². The summed E-state index contributed by atoms with van der Waals surface area (Å²) in [5.41, 5.74) is 8.07. The van der Waals surface area contributed by atoms with Crippen molar-refractivity contribution in [2.75, 3.05) is 58.0 Å². The minimum Gasteiger partial charge on any atom is -0.460 e. The normalized spacial score (nSPS) is 35.6. The van der Waals surface area contributed by atoms with Crippen LogP contribution in [0.1, 0.15) is 109 Å². The quantitative estimate of drug-likeness (QED) is 0.0923. The number of Topliss-reactive ketones (excluding diaryl/α,β-unsaturated/α-hetero) is 1. The molecule has 2 aliphatic heterocycles. The Morgan fingerprint density at radius 3 is 2.32 bits per heavy atom. The number of thioether (sulfide) groups is 1. The Hall–Kier alpha value is -5.39. The number of fused-ring (bicyclic) bond motifs is 7. The molecule has 8 fully saturated rings. The maximum atomic E-state index is 15.2. The number of aliphatic hydroxyl groups excluding tert-OH is 3. The van der Waals surface area contributed by atoms with Crippen LogP contribution in [-0.4, -0.2) is 160 Å². The van der Waals surface area contributed by atoms with Crippen LogP contribution in [0, 0.1) is 39.9 Å². The monoisotopic (exact) mass is 1160 g/mol. The van der Waals surface area contributed by atoms with Crippen molar-refractivity contribution in [2.24, 2.45) is 45.7 Å². The first-order valence-corrected chi connectivity index (χ1v) is 30.0. The van der Waals surface area contributed by atoms with Crippen molar-refractivity contribution in [1.29, 1.82) is 0 Å². The first-order chi connectivity index (χ1) is 38.8. The molecule has 2 bridgehead atoms. The number of amides is 4. The van der Waals surface area contributed by atoms with E-state index < -0.39 is 72.7 Å². The highest BCUT2D eigenvalue weighted by atomic mass is 32.2. The number of carbonyl (C=O) groups is 6. The molecule has 82 heavy (non-hydrogen) atoms. The molecule has 0 radical (unpaired) electrons. The maximum Gasteiger partial charge on any atom is 0.409 e. The summed E-state index contributed by atoms with van der Waals surface area (Å²) in [6.45, 7) is 9.61. The molecular weight excluding hydrogens is 1070 g/mol. The fraction of sp³-hybridized carbons (Fsp3) is 0.639. The van der Waals surface area contributed by atoms with Gasteiger partial charge in [-0.25, -0.2) is 9.59 Å². The first kappa shape index (κ1) is 59.8. The van der Waals surface area contributed by atoms with E-state index in [0.717, 1.165) is 44.1 Å². The van der Waals surface area contributed by atoms with Crippen molar-refractivity contribution in [3.63, 3.8) is 0 Å². The number of allylic oxidation sites excluding steroid dienone is 4. The SMILES string of the molecule is CC(C)SCC(=O)NCCC(=O)Nc1cc(COC(=O)N(C)CCN(C)C(=O)OCC(=O)[C@@]23O[C@H](c4ccc(CC56CC(N)(C5)C6)cc4)O[C@@H]2C[C@H]2[C@@H]4CCC5=CC(=O)C=C[C@]5(C)[C@H]4[C@@H](C)C[C@@]23C)ccc1O[C@@H]1OC[C@@H](O)[C@H](O)[C@H]1O. The van der Waals surface area contributed by atoms with Gasteiger partial charge < -0.3 is 69.9 Å². The van der Waals surface area contributed by atoms with E-state index in [2.05, 4.69) is 49.6 Å². The number of nitrogens with two attached hydrogens (primary N) is 1. The molecule has 7 N–H and O–H groups in total. The molecule has 4 amide bonds. The fourth-order valence-electron chi connectivity index (χ4n) is 15.6. The molecule has 20 nitrogen and oxygen atoms in total. The van der Waals surface area contributed by atoms with E-state index in [-0.39, 0.29) is 114 Å². The summed E-state index contributed by atoms with van der Waals surface area (Å²) in [6, 6.07) is 12.8. The van der Waals surface area contributed by atoms with Gasteiger partial charge in [-0.15, -0.1) is 11.8 Å². The van der Waals surface area contributed by atoms with Crippen LogP contribution in [0.4, 0.5) is 15.3 Å². The molecule has 2 aromatic rings. The van der Waals surface area contributed by atoms with Crippen molar-refractivity contribution in [1.82, 2.24) is 15.1 Å². The lowest BCUT2D eigenvalue weighted by Gasteiger charge is -2.69. The Kier molecular flexibility index (Phi) is 16.9. The Morgan fingerprint density at radius 2 is 1.62 bits per heavy atom. The minimum atomic E-state index is -1.62. The standard InChI is InChI=1S/C61H81N5O15S/c1-34(2)82-30-49(71)63-19-17-48(70)64-43-22-37(10-15-45(43)79-54-52(73)51(72)44(68)28-76-54)27-77-55(74)65(6)20-21-66(7)56(75)78-29-46(69)61-47(80-53(81-61)38-11-8-36(9-12-38)26-59-31-60(62,32-59)33-59)24-42-41-14-13-39-23-40(67)16-18-57(39,4)50(41)35(3)25-58(42,61)5/h8-12,15-16,18,22-23,34-35,41-42,44,47,50-54,68,72-73H,13-14,17,19-21,24-33,62H2,1-7H3,(H,63,71)(H,64,70)/t35-,41-,42-,44+,47+,50-,51-,52+,53+,54-,57-,58-,59?,60?,61+/m0/s1. The van der Waals surface area contributed by atoms with Gasteiger partial charge in [0.05, 0.1) is 24.2 Å². The number of carbonyl (C=O) groups excluding carboxylic acids is 6. The number of aliphatic hydroxyl groups is 3. The molecule has 9 aliphatic rings. The molecular formula is C61H81N5O15S. The van der Waals surface area contributed by atoms with Gasteiger partial charge in [0.15, 0.2) is 24.3 Å². The highest BCUT2D eigenvalue weighted by molar-refractivity contribution is 8.00. The molecule has 11 rings (SSSR count). The number of anilines is 1. The number of likely N-dealkylation sites (N-methyl/N-ethyl adjacent to an activating group) is 2. The van der Waals surface area contributed by atoms with Crippen LogP contribution in [0.15, 0.2) is 66.3 Å². The summed E-state index contributed by atoms with van der Waals surface area (Å²) < 4.78 is 36.8. The Labute approximate surface area is 483 Å². The second kappa shape index (κ2) is 23.2. The number of nitrogens with zero attached hydrogens (tertiary/aromatic N) is 2. The predicted molar refractivity (Wildman–Crippen MR) is 302 cm³/mol. The molecule has 6 saturated carbocycles. The van der Waals surface area contributed by atoms with Crippen LogP contribution in [0.3, 0.4) is 0 Å². The van der Waals surface area contributed by atoms with Gasteiger partial charge in [-0.05, 0) is 121 Å². The number of hydrogen-bond acceptors (Lipinski definition) is 17. The zero-order valence-electron chi connectivity index (χ0n) is 48.1. The van der Waals surface area contributed by atoms with Crippen LogP contribution >= 0.6 is 11.8 Å². The molecule has 13 atom stereocenters. The summed E-state index contributed by atoms with van der Waals surface area (Å²) >= 11 is 1.47. The second-order valence-electron chi connectivity index (χ2n) is 25.6. The number of benzene rings is 2. The summed E-state index contributed by atoms with van der Waals surface area (Å²) in [7, 11) is 3.02. The molecule has 446 valence electrons. The van der Waals surface area contributed by atoms with Gasteiger partial charge in [0.1, 0.15) is 30.7 Å². The summed E-state index contributed by atoms with van der Waals surface area (Å²) in [5, 5.41) is 36.4. The van der Waals surface area contributed by atoms with E-state index >= 15 is 4.79 Å². The molecule has 2 saturated heterocycles. The fourth-order valence-corrected chi connectivity index (χ4v) is 16.1. The average Bonchev–Trinajstić information content (AvgIpc) is 2.59. The first-order valence-electron chi connectivity index (χ1n) is 28.9. The molecule has 0 spiro atoms. The molecule has 2 aromatic carbocycles. The lowest BCUT2D eigenvalue weighted by Crippen LogP contribution is -2.72. The second-order valence-corrected chi connectivity index (χ2v) is 27.1. The number of ketones is 2. The third kappa shape index (κ3) is 11.5. The van der Waals surface area contributed by atoms with E-state index in [1.165, 1.54) is 58.9 Å². The molecule has 2 heterocycles. The Bertz CT molecular complexity index is 2850. The minimum absolute atomic E-state index is 0.0218. The Morgan fingerprint density at radius 1 is 0.927 bits per heavy atom. The van der Waals surface area contributed by atoms with Crippen molar-refractivity contribution in [3.05, 3.63) is 83.0 Å². The van der Waals surface area contributed by atoms with E-state index in [1.54, 1.807) is 12.1 Å². The van der Waals surface area contributed by atoms with Crippen LogP contribution in [0.25, 0.3) is 0 Å². The van der Waals surface area contributed by atoms with E-state index in [9.17, 15) is 39.3 Å². The van der Waals surface area contributed by atoms with E-state index in [1.807, 2.05) is 32.1 Å². The largest absolute Gasteiger partial charge is 0.460 e. The van der Waals surface area contributed by atoms with Gasteiger partial charge in [0, 0.05) is 62.1 Å². The lowest BCUT2D eigenvalue weighted by molar-refractivity contribution is -0.241. The average molecular weight is 1160 g/mol. The number of ether oxygens (including phenoxy) is 6. The summed E-state index contributed by atoms with van der Waals surface area (Å²) in [4.78, 5) is 82.8. The third-order valence-electron chi connectivity index (χ3n) is 19.3. The lowest BCUT2D eigenvalue weighted by atomic mass is 9.38. The van der Waals surface area contributed by atoms with Gasteiger partial charge in [-0.3, -0.25) is 19.2 Å². The van der Waals surface area contributed by atoms with Gasteiger partial charge in [-0.2, -0.15) is 0 Å². The van der Waals surface area contributed by atoms with Gasteiger partial charge >= 0.3 is 12.2 Å². The number of nitrogens with one attached hydrogen (secondary N) is 2. The van der Waals surface area contributed by atoms with Crippen molar-refractivity contribution in [3.8, 4) is 5.75 Å². The highest BCUT2D eigenvalue weighted by Gasteiger charge is 2.76. The smallest absolute Gasteiger partial charge is 0.409 e. The van der Waals surface area contributed by atoms with Crippen LogP contribution < -0.4 is 21.1 Å². The zero-order valence-corrected chi connectivity index (χ0v) is 48.9. The van der Waals surface area contributed by atoms with Gasteiger partial charge in [0.25, 0.3) is 0 Å². The van der Waals surface area contributed by atoms with Crippen molar-refractivity contribution in [2.45, 2.75) is 152 Å². The predicted octanol–water partition coefficient (Wildman–Crippen LogP) is 5.74. The van der Waals surface area contributed by atoms with Crippen LogP contribution in [0.5, 0.6) is 5.75 Å². The Balaban J connectivity index is 0.765. The third-order valence-corrected chi connectivity index (χ3v) is 20.4. The van der Waals surface area contributed by atoms with Crippen LogP contribution in [0.2, 0.25) is 0 Å². The van der Waals surface area contributed by atoms with Crippen molar-refractivity contribution >= 4 is 53.0 Å². The number of hydrogen-bond donors (Lipinski definition) is 6. The molecule has 21 heteroatoms. The number of rotatable bonds is 20. The van der Waals surface area contributed by atoms with Gasteiger partial charge in [0.2, 0.25) is 23.9 Å². The molecule has 0 unspecified atom stereocenters. The van der Waals surface area contributed by atoms with Crippen molar-refractivity contribution < 1.29 is 72.5 Å². The van der Waals surface area contributed by atoms with Crippen LogP contribution in [-0.2, 0) is 55.9 Å².